The predicted octanol–water partition coefficient (Wildman–Crippen LogP) is 0.955. The van der Waals surface area contributed by atoms with Gasteiger partial charge in [-0.1, -0.05) is 0 Å². The molecule has 1 aliphatic heterocycles. The lowest BCUT2D eigenvalue weighted by molar-refractivity contribution is -0.155. The molecule has 1 aliphatic rings. The average Bonchev–Trinajstić information content (AvgIpc) is 2.79. The van der Waals surface area contributed by atoms with Crippen molar-refractivity contribution >= 4 is 29.6 Å². The average molecular weight is 500 g/mol. The van der Waals surface area contributed by atoms with Gasteiger partial charge in [-0.25, -0.2) is 14.3 Å². The van der Waals surface area contributed by atoms with Gasteiger partial charge in [-0.2, -0.15) is 5.10 Å². The molecule has 2 unspecified atom stereocenters. The largest absolute Gasteiger partial charge is 0.467 e. The Morgan fingerprint density at radius 3 is 2.47 bits per heavy atom. The van der Waals surface area contributed by atoms with Crippen molar-refractivity contribution in [2.75, 3.05) is 32.6 Å². The lowest BCUT2D eigenvalue weighted by atomic mass is 9.86. The number of aryl methyl sites for hydroxylation is 1. The molecule has 2 heterocycles. The highest BCUT2D eigenvalue weighted by molar-refractivity contribution is 6.27. The fourth-order valence-corrected chi connectivity index (χ4v) is 4.10. The lowest BCUT2D eigenvalue weighted by Gasteiger charge is -2.41. The Morgan fingerprint density at radius 2 is 1.94 bits per heavy atom. The third-order valence-corrected chi connectivity index (χ3v) is 5.69. The van der Waals surface area contributed by atoms with Crippen LogP contribution in [0.3, 0.4) is 0 Å². The molecule has 2 N–H and O–H groups in total. The first kappa shape index (κ1) is 27.6. The molecule has 1 aromatic heterocycles. The number of nitrogens with zero attached hydrogens (tertiary/aromatic N) is 3. The number of hydrogen-bond donors (Lipinski definition) is 2. The van der Waals surface area contributed by atoms with Crippen LogP contribution in [0.25, 0.3) is 0 Å². The zero-order valence-corrected chi connectivity index (χ0v) is 21.1. The van der Waals surface area contributed by atoms with Crippen LogP contribution < -0.4 is 16.2 Å². The van der Waals surface area contributed by atoms with Crippen LogP contribution in [-0.4, -0.2) is 76.9 Å². The molecule has 1 aromatic rings. The summed E-state index contributed by atoms with van der Waals surface area (Å²) in [4.78, 5) is 51.6. The number of alkyl halides is 1. The summed E-state index contributed by atoms with van der Waals surface area (Å²) in [5, 5.41) is 10.2. The summed E-state index contributed by atoms with van der Waals surface area (Å²) in [6.07, 6.45) is 0.668. The van der Waals surface area contributed by atoms with Crippen LogP contribution in [0.1, 0.15) is 45.3 Å². The molecule has 0 bridgehead atoms. The minimum atomic E-state index is -1.19. The topological polar surface area (TPSA) is 132 Å². The van der Waals surface area contributed by atoms with E-state index in [0.717, 1.165) is 13.1 Å². The Kier molecular flexibility index (Phi) is 9.87. The van der Waals surface area contributed by atoms with E-state index in [4.69, 9.17) is 21.1 Å². The van der Waals surface area contributed by atoms with Gasteiger partial charge in [0.05, 0.1) is 25.4 Å². The molecule has 2 amide bonds. The second-order valence-corrected chi connectivity index (χ2v) is 9.38. The normalized spacial score (nSPS) is 16.3. The van der Waals surface area contributed by atoms with E-state index in [2.05, 4.69) is 15.7 Å². The van der Waals surface area contributed by atoms with Crippen LogP contribution in [0.15, 0.2) is 16.9 Å². The maximum Gasteiger partial charge on any atom is 0.407 e. The third-order valence-electron chi connectivity index (χ3n) is 5.46. The molecule has 11 nitrogen and oxygen atoms in total. The first-order valence-corrected chi connectivity index (χ1v) is 11.7. The number of hydrogen-bond acceptors (Lipinski definition) is 8. The minimum Gasteiger partial charge on any atom is -0.467 e. The molecule has 2 atom stereocenters. The van der Waals surface area contributed by atoms with Crippen molar-refractivity contribution in [2.45, 2.75) is 51.3 Å². The second kappa shape index (κ2) is 12.2. The van der Waals surface area contributed by atoms with Crippen LogP contribution in [-0.2, 0) is 26.1 Å². The number of rotatable bonds is 8. The number of amides is 2. The van der Waals surface area contributed by atoms with Gasteiger partial charge in [0, 0.05) is 13.1 Å². The molecule has 0 aromatic carbocycles. The van der Waals surface area contributed by atoms with Crippen LogP contribution >= 0.6 is 11.6 Å². The number of carbonyl (C=O) groups excluding carboxylic acids is 3. The van der Waals surface area contributed by atoms with Gasteiger partial charge in [-0.3, -0.25) is 9.59 Å². The van der Waals surface area contributed by atoms with Gasteiger partial charge in [-0.05, 0) is 58.7 Å². The van der Waals surface area contributed by atoms with Crippen molar-refractivity contribution in [3.05, 3.63) is 28.2 Å². The third kappa shape index (κ3) is 7.42. The summed E-state index contributed by atoms with van der Waals surface area (Å²) in [6, 6.07) is 1.05. The van der Waals surface area contributed by atoms with Gasteiger partial charge >= 0.3 is 12.1 Å². The number of piperidine rings is 1. The number of carbonyl (C=O) groups is 3. The zero-order valence-electron chi connectivity index (χ0n) is 20.3. The van der Waals surface area contributed by atoms with Gasteiger partial charge < -0.3 is 25.0 Å². The number of nitrogens with one attached hydrogen (secondary N) is 2. The van der Waals surface area contributed by atoms with Crippen molar-refractivity contribution in [3.8, 4) is 0 Å². The maximum atomic E-state index is 13.2. The van der Waals surface area contributed by atoms with Gasteiger partial charge in [-0.15, -0.1) is 11.6 Å². The standard InChI is InChI=1S/C22H34ClN5O6/c1-22(2,3)34-21(32)25-13-16(20(31)33-5)28(18(30)12-23)19(14-8-10-24-11-9-14)15-6-7-17(29)27(4)26-15/h6-7,14,16,19,24H,8-13H2,1-5H3,(H,25,32). The zero-order chi connectivity index (χ0) is 25.5. The molecule has 2 rings (SSSR count). The fourth-order valence-electron chi connectivity index (χ4n) is 3.97. The number of halogens is 1. The van der Waals surface area contributed by atoms with E-state index in [1.807, 2.05) is 0 Å². The lowest BCUT2D eigenvalue weighted by Crippen LogP contribution is -2.56. The second-order valence-electron chi connectivity index (χ2n) is 9.11. The van der Waals surface area contributed by atoms with Gasteiger partial charge in [0.2, 0.25) is 5.91 Å². The van der Waals surface area contributed by atoms with E-state index in [9.17, 15) is 19.2 Å². The van der Waals surface area contributed by atoms with Crippen LogP contribution in [0.5, 0.6) is 0 Å². The molecule has 0 spiro atoms. The van der Waals surface area contributed by atoms with E-state index in [1.165, 1.54) is 29.8 Å². The summed E-state index contributed by atoms with van der Waals surface area (Å²) in [5.74, 6) is -1.72. The molecule has 190 valence electrons. The van der Waals surface area contributed by atoms with Crippen molar-refractivity contribution in [3.63, 3.8) is 0 Å². The Hall–Kier alpha value is -2.66. The van der Waals surface area contributed by atoms with Gasteiger partial charge in [0.25, 0.3) is 5.56 Å². The molecule has 12 heteroatoms. The predicted molar refractivity (Wildman–Crippen MR) is 125 cm³/mol. The van der Waals surface area contributed by atoms with Gasteiger partial charge in [0.1, 0.15) is 17.5 Å². The summed E-state index contributed by atoms with van der Waals surface area (Å²) in [7, 11) is 2.72. The highest BCUT2D eigenvalue weighted by atomic mass is 35.5. The highest BCUT2D eigenvalue weighted by Crippen LogP contribution is 2.35. The summed E-state index contributed by atoms with van der Waals surface area (Å²) in [5.41, 5.74) is -0.606. The number of methoxy groups -OCH3 is 1. The summed E-state index contributed by atoms with van der Waals surface area (Å²) >= 11 is 5.97. The van der Waals surface area contributed by atoms with E-state index >= 15 is 0 Å². The fraction of sp³-hybridized carbons (Fsp3) is 0.682. The highest BCUT2D eigenvalue weighted by Gasteiger charge is 2.41. The Morgan fingerprint density at radius 1 is 1.29 bits per heavy atom. The molecule has 0 aliphatic carbocycles. The molecule has 1 saturated heterocycles. The van der Waals surface area contributed by atoms with E-state index in [1.54, 1.807) is 26.8 Å². The maximum absolute atomic E-state index is 13.2. The minimum absolute atomic E-state index is 0.0768. The van der Waals surface area contributed by atoms with Crippen molar-refractivity contribution in [2.24, 2.45) is 13.0 Å². The van der Waals surface area contributed by atoms with E-state index in [0.29, 0.717) is 18.5 Å². The van der Waals surface area contributed by atoms with Crippen LogP contribution in [0.4, 0.5) is 4.79 Å². The molecule has 1 fully saturated rings. The molecule has 0 saturated carbocycles. The number of aromatic nitrogens is 2. The summed E-state index contributed by atoms with van der Waals surface area (Å²) < 4.78 is 11.4. The van der Waals surface area contributed by atoms with Crippen LogP contribution in [0, 0.1) is 5.92 Å². The number of esters is 1. The SMILES string of the molecule is COC(=O)C(CNC(=O)OC(C)(C)C)N(C(=O)CCl)C(c1ccc(=O)n(C)n1)C1CCNCC1. The van der Waals surface area contributed by atoms with Crippen molar-refractivity contribution in [1.82, 2.24) is 25.3 Å². The van der Waals surface area contributed by atoms with Crippen LogP contribution in [0.2, 0.25) is 0 Å². The Labute approximate surface area is 204 Å². The number of ether oxygens (including phenoxy) is 2. The molecular formula is C22H34ClN5O6. The first-order chi connectivity index (χ1) is 16.0. The van der Waals surface area contributed by atoms with Crippen molar-refractivity contribution in [1.29, 1.82) is 0 Å². The number of alkyl carbamates (subject to hydrolysis) is 1. The van der Waals surface area contributed by atoms with E-state index < -0.39 is 41.5 Å². The van der Waals surface area contributed by atoms with E-state index in [-0.39, 0.29) is 18.0 Å². The molecular weight excluding hydrogens is 466 g/mol. The van der Waals surface area contributed by atoms with Gasteiger partial charge in [0.15, 0.2) is 0 Å². The molecule has 34 heavy (non-hydrogen) atoms. The summed E-state index contributed by atoms with van der Waals surface area (Å²) in [6.45, 7) is 6.33. The Balaban J connectivity index is 2.51. The molecule has 0 radical (unpaired) electrons. The quantitative estimate of drug-likeness (QED) is 0.399. The monoisotopic (exact) mass is 499 g/mol. The van der Waals surface area contributed by atoms with Crippen molar-refractivity contribution < 1.29 is 23.9 Å². The Bertz CT molecular complexity index is 925. The first-order valence-electron chi connectivity index (χ1n) is 11.1. The smallest absolute Gasteiger partial charge is 0.407 e.